The summed E-state index contributed by atoms with van der Waals surface area (Å²) in [5, 5.41) is 3.41. The third kappa shape index (κ3) is 4.46. The predicted octanol–water partition coefficient (Wildman–Crippen LogP) is 1.71. The highest BCUT2D eigenvalue weighted by atomic mass is 16.5. The molecule has 21 heavy (non-hydrogen) atoms. The van der Waals surface area contributed by atoms with Gasteiger partial charge in [0.1, 0.15) is 0 Å². The molecule has 0 radical (unpaired) electrons. The highest BCUT2D eigenvalue weighted by Crippen LogP contribution is 2.22. The Morgan fingerprint density at radius 3 is 2.33 bits per heavy atom. The SMILES string of the molecule is CCCN(CC1CCNCC1)c1nc(OC)cc(OC)n1. The van der Waals surface area contributed by atoms with Gasteiger partial charge in [-0.2, -0.15) is 9.97 Å². The van der Waals surface area contributed by atoms with Crippen molar-refractivity contribution in [2.24, 2.45) is 5.92 Å². The molecule has 0 atom stereocenters. The zero-order chi connectivity index (χ0) is 15.1. The fourth-order valence-corrected chi connectivity index (χ4v) is 2.66. The summed E-state index contributed by atoms with van der Waals surface area (Å²) in [5.41, 5.74) is 0. The van der Waals surface area contributed by atoms with Gasteiger partial charge in [0.25, 0.3) is 0 Å². The smallest absolute Gasteiger partial charge is 0.231 e. The van der Waals surface area contributed by atoms with Crippen molar-refractivity contribution < 1.29 is 9.47 Å². The second kappa shape index (κ2) is 8.02. The maximum atomic E-state index is 5.25. The van der Waals surface area contributed by atoms with E-state index < -0.39 is 0 Å². The average Bonchev–Trinajstić information content (AvgIpc) is 2.55. The van der Waals surface area contributed by atoms with Gasteiger partial charge in [0.2, 0.25) is 17.7 Å². The third-order valence-electron chi connectivity index (χ3n) is 3.80. The molecule has 1 aliphatic rings. The van der Waals surface area contributed by atoms with Gasteiger partial charge in [-0.15, -0.1) is 0 Å². The number of rotatable bonds is 7. The summed E-state index contributed by atoms with van der Waals surface area (Å²) in [5.74, 6) is 2.48. The van der Waals surface area contributed by atoms with Crippen molar-refractivity contribution in [1.29, 1.82) is 0 Å². The number of hydrogen-bond acceptors (Lipinski definition) is 6. The zero-order valence-electron chi connectivity index (χ0n) is 13.3. The number of nitrogens with one attached hydrogen (secondary N) is 1. The maximum Gasteiger partial charge on any atom is 0.231 e. The van der Waals surface area contributed by atoms with Crippen LogP contribution in [-0.2, 0) is 0 Å². The van der Waals surface area contributed by atoms with E-state index in [1.807, 2.05) is 0 Å². The van der Waals surface area contributed by atoms with Gasteiger partial charge >= 0.3 is 0 Å². The van der Waals surface area contributed by atoms with E-state index in [1.54, 1.807) is 20.3 Å². The molecule has 118 valence electrons. The molecular weight excluding hydrogens is 268 g/mol. The van der Waals surface area contributed by atoms with Crippen LogP contribution in [0, 0.1) is 5.92 Å². The van der Waals surface area contributed by atoms with Crippen molar-refractivity contribution in [3.63, 3.8) is 0 Å². The number of hydrogen-bond donors (Lipinski definition) is 1. The zero-order valence-corrected chi connectivity index (χ0v) is 13.3. The van der Waals surface area contributed by atoms with E-state index in [-0.39, 0.29) is 0 Å². The molecule has 0 saturated carbocycles. The minimum Gasteiger partial charge on any atom is -0.481 e. The minimum absolute atomic E-state index is 0.545. The minimum atomic E-state index is 0.545. The van der Waals surface area contributed by atoms with Crippen molar-refractivity contribution in [3.05, 3.63) is 6.07 Å². The van der Waals surface area contributed by atoms with E-state index >= 15 is 0 Å². The summed E-state index contributed by atoms with van der Waals surface area (Å²) in [6, 6.07) is 1.71. The van der Waals surface area contributed by atoms with E-state index in [1.165, 1.54) is 12.8 Å². The van der Waals surface area contributed by atoms with Crippen LogP contribution in [0.4, 0.5) is 5.95 Å². The van der Waals surface area contributed by atoms with Crippen molar-refractivity contribution in [2.45, 2.75) is 26.2 Å². The normalized spacial score (nSPS) is 15.8. The summed E-state index contributed by atoms with van der Waals surface area (Å²) < 4.78 is 10.5. The highest BCUT2D eigenvalue weighted by Gasteiger charge is 2.19. The van der Waals surface area contributed by atoms with E-state index in [0.29, 0.717) is 23.6 Å². The van der Waals surface area contributed by atoms with Gasteiger partial charge in [0, 0.05) is 13.1 Å². The number of ether oxygens (including phenoxy) is 2. The van der Waals surface area contributed by atoms with Crippen LogP contribution < -0.4 is 19.7 Å². The van der Waals surface area contributed by atoms with Gasteiger partial charge in [-0.1, -0.05) is 6.92 Å². The number of anilines is 1. The summed E-state index contributed by atoms with van der Waals surface area (Å²) in [7, 11) is 3.23. The number of methoxy groups -OCH3 is 2. The summed E-state index contributed by atoms with van der Waals surface area (Å²) in [4.78, 5) is 11.2. The summed E-state index contributed by atoms with van der Waals surface area (Å²) in [6.45, 7) is 6.32. The van der Waals surface area contributed by atoms with Gasteiger partial charge in [-0.25, -0.2) is 0 Å². The van der Waals surface area contributed by atoms with Gasteiger partial charge in [0.05, 0.1) is 20.3 Å². The monoisotopic (exact) mass is 294 g/mol. The highest BCUT2D eigenvalue weighted by molar-refractivity contribution is 5.36. The first-order valence-corrected chi connectivity index (χ1v) is 7.69. The third-order valence-corrected chi connectivity index (χ3v) is 3.80. The van der Waals surface area contributed by atoms with Crippen LogP contribution >= 0.6 is 0 Å². The molecule has 1 aromatic heterocycles. The van der Waals surface area contributed by atoms with Gasteiger partial charge in [-0.05, 0) is 38.3 Å². The lowest BCUT2D eigenvalue weighted by atomic mass is 9.97. The fraction of sp³-hybridized carbons (Fsp3) is 0.733. The van der Waals surface area contributed by atoms with Crippen molar-refractivity contribution >= 4 is 5.95 Å². The van der Waals surface area contributed by atoms with Gasteiger partial charge in [0.15, 0.2) is 0 Å². The molecule has 2 rings (SSSR count). The van der Waals surface area contributed by atoms with Crippen LogP contribution in [0.2, 0.25) is 0 Å². The Morgan fingerprint density at radius 1 is 1.19 bits per heavy atom. The van der Waals surface area contributed by atoms with Gasteiger partial charge < -0.3 is 19.7 Å². The molecule has 2 heterocycles. The number of piperidine rings is 1. The molecule has 0 aromatic carbocycles. The molecule has 6 nitrogen and oxygen atoms in total. The van der Waals surface area contributed by atoms with Crippen LogP contribution in [0.25, 0.3) is 0 Å². The summed E-state index contributed by atoms with van der Waals surface area (Å²) in [6.07, 6.45) is 3.48. The average molecular weight is 294 g/mol. The van der Waals surface area contributed by atoms with E-state index in [4.69, 9.17) is 9.47 Å². The lowest BCUT2D eigenvalue weighted by Gasteiger charge is -2.30. The first-order valence-electron chi connectivity index (χ1n) is 7.69. The van der Waals surface area contributed by atoms with Crippen LogP contribution in [0.5, 0.6) is 11.8 Å². The molecule has 1 saturated heterocycles. The lowest BCUT2D eigenvalue weighted by Crippen LogP contribution is -2.37. The molecular formula is C15H26N4O2. The molecule has 0 bridgehead atoms. The number of nitrogens with zero attached hydrogens (tertiary/aromatic N) is 3. The molecule has 1 N–H and O–H groups in total. The molecule has 0 unspecified atom stereocenters. The van der Waals surface area contributed by atoms with E-state index in [2.05, 4.69) is 27.1 Å². The molecule has 1 aliphatic heterocycles. The second-order valence-electron chi connectivity index (χ2n) is 5.39. The van der Waals surface area contributed by atoms with Crippen LogP contribution in [-0.4, -0.2) is 50.4 Å². The Bertz CT molecular complexity index is 413. The maximum absolute atomic E-state index is 5.25. The lowest BCUT2D eigenvalue weighted by molar-refractivity contribution is 0.361. The Balaban J connectivity index is 2.15. The van der Waals surface area contributed by atoms with Gasteiger partial charge in [-0.3, -0.25) is 0 Å². The van der Waals surface area contributed by atoms with Crippen molar-refractivity contribution in [3.8, 4) is 11.8 Å². The largest absolute Gasteiger partial charge is 0.481 e. The number of aromatic nitrogens is 2. The molecule has 1 fully saturated rings. The molecule has 0 spiro atoms. The summed E-state index contributed by atoms with van der Waals surface area (Å²) >= 11 is 0. The predicted molar refractivity (Wildman–Crippen MR) is 83.2 cm³/mol. The molecule has 1 aromatic rings. The van der Waals surface area contributed by atoms with Crippen molar-refractivity contribution in [2.75, 3.05) is 45.3 Å². The van der Waals surface area contributed by atoms with E-state index in [0.717, 1.165) is 32.6 Å². The Labute approximate surface area is 126 Å². The fourth-order valence-electron chi connectivity index (χ4n) is 2.66. The van der Waals surface area contributed by atoms with Crippen molar-refractivity contribution in [1.82, 2.24) is 15.3 Å². The first kappa shape index (κ1) is 15.8. The molecule has 0 aliphatic carbocycles. The van der Waals surface area contributed by atoms with Crippen LogP contribution in [0.15, 0.2) is 6.07 Å². The van der Waals surface area contributed by atoms with Crippen LogP contribution in [0.1, 0.15) is 26.2 Å². The molecule has 0 amide bonds. The Hall–Kier alpha value is -1.56. The Morgan fingerprint density at radius 2 is 1.81 bits per heavy atom. The topological polar surface area (TPSA) is 59.5 Å². The van der Waals surface area contributed by atoms with Crippen LogP contribution in [0.3, 0.4) is 0 Å². The molecule has 6 heteroatoms. The quantitative estimate of drug-likeness (QED) is 0.826. The second-order valence-corrected chi connectivity index (χ2v) is 5.39. The Kier molecular flexibility index (Phi) is 6.04. The van der Waals surface area contributed by atoms with E-state index in [9.17, 15) is 0 Å². The first-order chi connectivity index (χ1) is 10.3. The standard InChI is InChI=1S/C15H26N4O2/c1-4-9-19(11-12-5-7-16-8-6-12)15-17-13(20-2)10-14(18-15)21-3/h10,12,16H,4-9,11H2,1-3H3.